The summed E-state index contributed by atoms with van der Waals surface area (Å²) in [5.41, 5.74) is 11.8. The van der Waals surface area contributed by atoms with Crippen LogP contribution in [0, 0.1) is 0 Å². The molecule has 5 aromatic rings. The highest BCUT2D eigenvalue weighted by molar-refractivity contribution is 5.96. The molecule has 4 aromatic carbocycles. The summed E-state index contributed by atoms with van der Waals surface area (Å²) in [6.07, 6.45) is 2.68. The van der Waals surface area contributed by atoms with Crippen LogP contribution in [0.4, 0.5) is 0 Å². The van der Waals surface area contributed by atoms with E-state index in [1.807, 2.05) is 18.2 Å². The van der Waals surface area contributed by atoms with Gasteiger partial charge in [0, 0.05) is 24.4 Å². The summed E-state index contributed by atoms with van der Waals surface area (Å²) in [6.45, 7) is 0.824. The zero-order chi connectivity index (χ0) is 24.0. The number of carbonyl (C=O) groups excluding carboxylic acids is 1. The smallest absolute Gasteiger partial charge is 0.248 e. The highest BCUT2D eigenvalue weighted by Gasteiger charge is 2.18. The maximum atomic E-state index is 11.8. The van der Waals surface area contributed by atoms with Crippen molar-refractivity contribution in [2.75, 3.05) is 0 Å². The summed E-state index contributed by atoms with van der Waals surface area (Å²) < 4.78 is 2.32. The van der Waals surface area contributed by atoms with Gasteiger partial charge in [0.1, 0.15) is 5.82 Å². The van der Waals surface area contributed by atoms with Crippen molar-refractivity contribution in [3.63, 3.8) is 0 Å². The topological polar surface area (TPSA) is 60.9 Å². The lowest BCUT2D eigenvalue weighted by molar-refractivity contribution is 0.100. The summed E-state index contributed by atoms with van der Waals surface area (Å²) in [4.78, 5) is 16.7. The van der Waals surface area contributed by atoms with Crippen molar-refractivity contribution in [1.29, 1.82) is 0 Å². The minimum Gasteiger partial charge on any atom is -0.366 e. The maximum Gasteiger partial charge on any atom is 0.248 e. The monoisotopic (exact) mass is 459 g/mol. The van der Waals surface area contributed by atoms with Gasteiger partial charge in [-0.2, -0.15) is 0 Å². The molecule has 4 nitrogen and oxygen atoms in total. The van der Waals surface area contributed by atoms with Crippen molar-refractivity contribution in [2.45, 2.75) is 31.7 Å². The first-order chi connectivity index (χ1) is 17.2. The number of aromatic nitrogens is 2. The molecule has 1 amide bonds. The Labute approximate surface area is 206 Å². The molecule has 174 valence electrons. The van der Waals surface area contributed by atoms with Crippen LogP contribution in [0.2, 0.25) is 0 Å². The van der Waals surface area contributed by atoms with Gasteiger partial charge in [-0.3, -0.25) is 4.79 Å². The molecule has 35 heavy (non-hydrogen) atoms. The second-order valence-electron chi connectivity index (χ2n) is 8.90. The molecule has 0 unspecified atom stereocenters. The molecule has 0 saturated carbocycles. The van der Waals surface area contributed by atoms with E-state index in [0.29, 0.717) is 5.56 Å². The van der Waals surface area contributed by atoms with Crippen molar-refractivity contribution in [3.8, 4) is 0 Å². The molecule has 0 radical (unpaired) electrons. The Kier molecular flexibility index (Phi) is 6.71. The second-order valence-corrected chi connectivity index (χ2v) is 8.90. The number of imidazole rings is 1. The van der Waals surface area contributed by atoms with E-state index in [4.69, 9.17) is 10.7 Å². The molecule has 0 fully saturated rings. The van der Waals surface area contributed by atoms with Gasteiger partial charge in [0.2, 0.25) is 5.91 Å². The van der Waals surface area contributed by atoms with Gasteiger partial charge in [0.25, 0.3) is 0 Å². The van der Waals surface area contributed by atoms with Crippen LogP contribution in [0.25, 0.3) is 11.0 Å². The van der Waals surface area contributed by atoms with Crippen LogP contribution in [0.5, 0.6) is 0 Å². The van der Waals surface area contributed by atoms with Crippen molar-refractivity contribution in [3.05, 3.63) is 137 Å². The molecule has 0 aliphatic carbocycles. The quantitative estimate of drug-likeness (QED) is 0.288. The zero-order valence-electron chi connectivity index (χ0n) is 19.7. The maximum absolute atomic E-state index is 11.8. The molecule has 1 aromatic heterocycles. The van der Waals surface area contributed by atoms with E-state index in [1.54, 1.807) is 6.07 Å². The van der Waals surface area contributed by atoms with E-state index in [-0.39, 0.29) is 5.92 Å². The zero-order valence-corrected chi connectivity index (χ0v) is 19.7. The summed E-state index contributed by atoms with van der Waals surface area (Å²) >= 11 is 0. The number of rotatable bonds is 9. The molecule has 0 bridgehead atoms. The third-order valence-electron chi connectivity index (χ3n) is 6.64. The van der Waals surface area contributed by atoms with Crippen molar-refractivity contribution in [2.24, 2.45) is 5.73 Å². The van der Waals surface area contributed by atoms with Gasteiger partial charge in [-0.25, -0.2) is 4.98 Å². The Morgan fingerprint density at radius 1 is 0.771 bits per heavy atom. The molecule has 4 heteroatoms. The molecule has 1 heterocycles. The van der Waals surface area contributed by atoms with Crippen LogP contribution in [0.3, 0.4) is 0 Å². The lowest BCUT2D eigenvalue weighted by atomic mass is 9.88. The van der Waals surface area contributed by atoms with Crippen LogP contribution in [0.15, 0.2) is 109 Å². The van der Waals surface area contributed by atoms with Crippen LogP contribution in [-0.4, -0.2) is 15.5 Å². The Morgan fingerprint density at radius 3 is 1.97 bits per heavy atom. The van der Waals surface area contributed by atoms with Crippen molar-refractivity contribution < 1.29 is 4.79 Å². The molecular formula is C31H29N3O. The number of nitrogens with zero attached hydrogens (tertiary/aromatic N) is 2. The number of fused-ring (bicyclic) bond motifs is 1. The fourth-order valence-electron chi connectivity index (χ4n) is 4.83. The minimum absolute atomic E-state index is 0.279. The highest BCUT2D eigenvalue weighted by Crippen LogP contribution is 2.30. The first-order valence-corrected chi connectivity index (χ1v) is 12.1. The van der Waals surface area contributed by atoms with Crippen LogP contribution in [-0.2, 0) is 19.4 Å². The number of primary amides is 1. The lowest BCUT2D eigenvalue weighted by Gasteiger charge is -2.19. The molecule has 0 spiro atoms. The highest BCUT2D eigenvalue weighted by atomic mass is 16.1. The molecule has 0 aliphatic heterocycles. The minimum atomic E-state index is -0.430. The van der Waals surface area contributed by atoms with Gasteiger partial charge in [-0.1, -0.05) is 91.0 Å². The number of benzene rings is 4. The van der Waals surface area contributed by atoms with E-state index in [1.165, 1.54) is 16.7 Å². The van der Waals surface area contributed by atoms with Crippen LogP contribution < -0.4 is 5.73 Å². The standard InChI is InChI=1S/C31H29N3O/c32-31(35)26-17-18-29-28(22-26)33-30(19-16-23-10-4-1-5-11-23)34(29)21-20-27(24-12-6-2-7-13-24)25-14-8-3-9-15-25/h1-15,17-18,22,27H,16,19-21H2,(H2,32,35). The second kappa shape index (κ2) is 10.4. The van der Waals surface area contributed by atoms with Gasteiger partial charge < -0.3 is 10.3 Å². The van der Waals surface area contributed by atoms with Gasteiger partial charge in [-0.15, -0.1) is 0 Å². The van der Waals surface area contributed by atoms with Crippen molar-refractivity contribution >= 4 is 16.9 Å². The average molecular weight is 460 g/mol. The lowest BCUT2D eigenvalue weighted by Crippen LogP contribution is -2.11. The van der Waals surface area contributed by atoms with Crippen molar-refractivity contribution in [1.82, 2.24) is 9.55 Å². The normalized spacial score (nSPS) is 11.2. The first kappa shape index (κ1) is 22.6. The summed E-state index contributed by atoms with van der Waals surface area (Å²) in [5, 5.41) is 0. The fraction of sp³-hybridized carbons (Fsp3) is 0.161. The SMILES string of the molecule is NC(=O)c1ccc2c(c1)nc(CCc1ccccc1)n2CCC(c1ccccc1)c1ccccc1. The summed E-state index contributed by atoms with van der Waals surface area (Å²) in [6, 6.07) is 37.5. The third kappa shape index (κ3) is 5.17. The fourth-order valence-corrected chi connectivity index (χ4v) is 4.83. The Balaban J connectivity index is 1.48. The number of amides is 1. The molecule has 0 aliphatic rings. The number of aryl methyl sites for hydroxylation is 3. The van der Waals surface area contributed by atoms with Gasteiger partial charge in [0.05, 0.1) is 11.0 Å². The largest absolute Gasteiger partial charge is 0.366 e. The van der Waals surface area contributed by atoms with Gasteiger partial charge >= 0.3 is 0 Å². The Morgan fingerprint density at radius 2 is 1.37 bits per heavy atom. The molecular weight excluding hydrogens is 430 g/mol. The van der Waals surface area contributed by atoms with Crippen LogP contribution in [0.1, 0.15) is 45.2 Å². The van der Waals surface area contributed by atoms with E-state index < -0.39 is 5.91 Å². The first-order valence-electron chi connectivity index (χ1n) is 12.1. The number of hydrogen-bond donors (Lipinski definition) is 1. The van der Waals surface area contributed by atoms with Gasteiger partial charge in [0.15, 0.2) is 0 Å². The van der Waals surface area contributed by atoms with Crippen LogP contribution >= 0.6 is 0 Å². The third-order valence-corrected chi connectivity index (χ3v) is 6.64. The van der Waals surface area contributed by atoms with Gasteiger partial charge in [-0.05, 0) is 47.7 Å². The average Bonchev–Trinajstić information content (AvgIpc) is 3.26. The van der Waals surface area contributed by atoms with E-state index in [0.717, 1.165) is 42.7 Å². The summed E-state index contributed by atoms with van der Waals surface area (Å²) in [5.74, 6) is 0.882. The van der Waals surface area contributed by atoms with E-state index in [2.05, 4.69) is 89.5 Å². The molecule has 2 N–H and O–H groups in total. The Hall–Kier alpha value is -4.18. The number of hydrogen-bond acceptors (Lipinski definition) is 2. The summed E-state index contributed by atoms with van der Waals surface area (Å²) in [7, 11) is 0. The van der Waals surface area contributed by atoms with E-state index in [9.17, 15) is 4.79 Å². The predicted octanol–water partition coefficient (Wildman–Crippen LogP) is 6.14. The number of carbonyl (C=O) groups is 1. The molecule has 0 atom stereocenters. The Bertz CT molecular complexity index is 1370. The number of nitrogens with two attached hydrogens (primary N) is 1. The predicted molar refractivity (Wildman–Crippen MR) is 141 cm³/mol. The van der Waals surface area contributed by atoms with E-state index >= 15 is 0 Å². The molecule has 5 rings (SSSR count). The molecule has 0 saturated heterocycles.